The van der Waals surface area contributed by atoms with E-state index in [-0.39, 0.29) is 0 Å². The quantitative estimate of drug-likeness (QED) is 0.124. The van der Waals surface area contributed by atoms with Gasteiger partial charge in [-0.25, -0.2) is 0 Å². The Morgan fingerprint density at radius 2 is 0.775 bits per heavy atom. The van der Waals surface area contributed by atoms with Gasteiger partial charge >= 0.3 is 0 Å². The Balaban J connectivity index is 1.51. The third-order valence-corrected chi connectivity index (χ3v) is 9.05. The predicted molar refractivity (Wildman–Crippen MR) is 177 cm³/mol. The maximum Gasteiger partial charge on any atom is 0.0754 e. The second kappa shape index (κ2) is 12.5. The summed E-state index contributed by atoms with van der Waals surface area (Å²) in [5.74, 6) is 0. The van der Waals surface area contributed by atoms with Crippen LogP contribution in [-0.4, -0.2) is 9.13 Å². The summed E-state index contributed by atoms with van der Waals surface area (Å²) in [7, 11) is 0. The van der Waals surface area contributed by atoms with E-state index in [1.165, 1.54) is 131 Å². The smallest absolute Gasteiger partial charge is 0.0754 e. The number of unbranched alkanes of at least 4 members (excludes halogenated alkanes) is 10. The largest absolute Gasteiger partial charge is 0.339 e. The maximum absolute atomic E-state index is 2.69. The zero-order valence-corrected chi connectivity index (χ0v) is 24.7. The van der Waals surface area contributed by atoms with Crippen molar-refractivity contribution in [2.24, 2.45) is 0 Å². The first-order chi connectivity index (χ1) is 19.8. The molecule has 0 saturated carbocycles. The molecule has 2 nitrogen and oxygen atoms in total. The van der Waals surface area contributed by atoms with Crippen LogP contribution in [0, 0.1) is 0 Å². The molecule has 0 aliphatic heterocycles. The monoisotopic (exact) mass is 530 g/mol. The zero-order chi connectivity index (χ0) is 27.3. The maximum atomic E-state index is 2.69. The average Bonchev–Trinajstić information content (AvgIpc) is 3.46. The van der Waals surface area contributed by atoms with Crippen molar-refractivity contribution >= 4 is 54.4 Å². The molecule has 40 heavy (non-hydrogen) atoms. The van der Waals surface area contributed by atoms with Crippen LogP contribution in [0.25, 0.3) is 54.4 Å². The van der Waals surface area contributed by atoms with Gasteiger partial charge in [0.25, 0.3) is 0 Å². The zero-order valence-electron chi connectivity index (χ0n) is 24.7. The molecule has 0 aliphatic carbocycles. The second-order valence-electron chi connectivity index (χ2n) is 12.0. The van der Waals surface area contributed by atoms with E-state index in [0.29, 0.717) is 0 Å². The van der Waals surface area contributed by atoms with E-state index in [1.54, 1.807) is 0 Å². The molecule has 0 amide bonds. The summed E-state index contributed by atoms with van der Waals surface area (Å²) in [5.41, 5.74) is 5.71. The number of hydrogen-bond acceptors (Lipinski definition) is 0. The highest BCUT2D eigenvalue weighted by Gasteiger charge is 2.21. The molecular formula is C38H46N2. The van der Waals surface area contributed by atoms with Crippen molar-refractivity contribution in [3.05, 3.63) is 72.8 Å². The molecule has 0 unspecified atom stereocenters. The molecule has 6 rings (SSSR count). The van der Waals surface area contributed by atoms with Crippen molar-refractivity contribution in [3.63, 3.8) is 0 Å². The van der Waals surface area contributed by atoms with Gasteiger partial charge in [-0.05, 0) is 58.7 Å². The number of rotatable bonds is 14. The first kappa shape index (κ1) is 26.9. The molecule has 0 fully saturated rings. The van der Waals surface area contributed by atoms with E-state index in [1.807, 2.05) is 0 Å². The lowest BCUT2D eigenvalue weighted by molar-refractivity contribution is 0.569. The fourth-order valence-corrected chi connectivity index (χ4v) is 6.89. The van der Waals surface area contributed by atoms with E-state index in [9.17, 15) is 0 Å². The molecule has 0 N–H and O–H groups in total. The molecule has 2 heteroatoms. The van der Waals surface area contributed by atoms with Gasteiger partial charge in [-0.3, -0.25) is 0 Å². The van der Waals surface area contributed by atoms with Gasteiger partial charge in [0.05, 0.1) is 22.1 Å². The summed E-state index contributed by atoms with van der Waals surface area (Å²) in [5, 5.41) is 8.22. The summed E-state index contributed by atoms with van der Waals surface area (Å²) in [6.07, 6.45) is 15.9. The van der Waals surface area contributed by atoms with Gasteiger partial charge in [-0.15, -0.1) is 0 Å². The van der Waals surface area contributed by atoms with Gasteiger partial charge in [0.15, 0.2) is 0 Å². The van der Waals surface area contributed by atoms with Crippen LogP contribution in [0.15, 0.2) is 72.8 Å². The molecule has 4 aromatic carbocycles. The Hall–Kier alpha value is -3.26. The van der Waals surface area contributed by atoms with E-state index in [4.69, 9.17) is 0 Å². The van der Waals surface area contributed by atoms with Crippen LogP contribution in [0.3, 0.4) is 0 Å². The first-order valence-corrected chi connectivity index (χ1v) is 16.2. The highest BCUT2D eigenvalue weighted by atomic mass is 15.1. The Kier molecular flexibility index (Phi) is 8.42. The minimum absolute atomic E-state index is 1.09. The number of nitrogens with zero attached hydrogens (tertiary/aromatic N) is 2. The topological polar surface area (TPSA) is 9.86 Å². The Labute approximate surface area is 240 Å². The van der Waals surface area contributed by atoms with Crippen LogP contribution in [-0.2, 0) is 13.1 Å². The Bertz CT molecular complexity index is 1600. The summed E-state index contributed by atoms with van der Waals surface area (Å²) in [6, 6.07) is 27.7. The van der Waals surface area contributed by atoms with Gasteiger partial charge in [-0.2, -0.15) is 0 Å². The molecule has 0 atom stereocenters. The minimum atomic E-state index is 1.09. The lowest BCUT2D eigenvalue weighted by Crippen LogP contribution is -1.98. The molecule has 0 spiro atoms. The van der Waals surface area contributed by atoms with Crippen LogP contribution in [0.2, 0.25) is 0 Å². The normalized spacial score (nSPS) is 12.2. The number of aromatic nitrogens is 2. The third kappa shape index (κ3) is 5.26. The number of hydrogen-bond donors (Lipinski definition) is 0. The number of benzene rings is 4. The molecule has 6 aromatic rings. The summed E-state index contributed by atoms with van der Waals surface area (Å²) < 4.78 is 5.37. The van der Waals surface area contributed by atoms with Gasteiger partial charge < -0.3 is 9.13 Å². The van der Waals surface area contributed by atoms with Crippen LogP contribution in [0.5, 0.6) is 0 Å². The minimum Gasteiger partial charge on any atom is -0.339 e. The van der Waals surface area contributed by atoms with Gasteiger partial charge in [0.2, 0.25) is 0 Å². The van der Waals surface area contributed by atoms with E-state index >= 15 is 0 Å². The molecule has 0 radical (unpaired) electrons. The standard InChI is InChI=1S/C38H46N2/c1-3-5-7-9-11-17-23-39-35-27-31-21-15-13-19-29(31)25-33(35)38-37(39)34-26-30-20-14-16-22-32(30)28-36(34)40(38)24-18-12-10-8-6-4-2/h13-16,19-22,25-28H,3-12,17-18,23-24H2,1-2H3. The van der Waals surface area contributed by atoms with Crippen molar-refractivity contribution in [3.8, 4) is 0 Å². The fourth-order valence-electron chi connectivity index (χ4n) is 6.89. The van der Waals surface area contributed by atoms with Gasteiger partial charge in [0.1, 0.15) is 0 Å². The third-order valence-electron chi connectivity index (χ3n) is 9.05. The number of aryl methyl sites for hydroxylation is 2. The lowest BCUT2D eigenvalue weighted by Gasteiger charge is -2.11. The van der Waals surface area contributed by atoms with Gasteiger partial charge in [0, 0.05) is 23.9 Å². The molecule has 2 aromatic heterocycles. The fraction of sp³-hybridized carbons (Fsp3) is 0.421. The summed E-state index contributed by atoms with van der Waals surface area (Å²) in [6.45, 7) is 6.79. The van der Waals surface area contributed by atoms with Gasteiger partial charge in [-0.1, -0.05) is 127 Å². The average molecular weight is 531 g/mol. The number of fused-ring (bicyclic) bond motifs is 7. The molecule has 208 valence electrons. The summed E-state index contributed by atoms with van der Waals surface area (Å²) in [4.78, 5) is 0. The lowest BCUT2D eigenvalue weighted by atomic mass is 10.1. The van der Waals surface area contributed by atoms with Crippen molar-refractivity contribution < 1.29 is 0 Å². The Morgan fingerprint density at radius 3 is 1.18 bits per heavy atom. The van der Waals surface area contributed by atoms with Crippen molar-refractivity contribution in [2.75, 3.05) is 0 Å². The SMILES string of the molecule is CCCCCCCCn1c2cc3ccccc3cc2c2c1c1cc3ccccc3cc1n2CCCCCCCC. The first-order valence-electron chi connectivity index (χ1n) is 16.2. The molecule has 0 saturated heterocycles. The summed E-state index contributed by atoms with van der Waals surface area (Å²) >= 11 is 0. The van der Waals surface area contributed by atoms with Crippen molar-refractivity contribution in [1.29, 1.82) is 0 Å². The molecule has 0 bridgehead atoms. The van der Waals surface area contributed by atoms with Crippen molar-refractivity contribution in [1.82, 2.24) is 9.13 Å². The molecular weight excluding hydrogens is 484 g/mol. The highest BCUT2D eigenvalue weighted by molar-refractivity contribution is 6.21. The van der Waals surface area contributed by atoms with Crippen LogP contribution in [0.4, 0.5) is 0 Å². The van der Waals surface area contributed by atoms with E-state index < -0.39 is 0 Å². The molecule has 0 aliphatic rings. The van der Waals surface area contributed by atoms with Crippen LogP contribution >= 0.6 is 0 Å². The van der Waals surface area contributed by atoms with E-state index in [2.05, 4.69) is 95.8 Å². The van der Waals surface area contributed by atoms with Crippen LogP contribution in [0.1, 0.15) is 90.9 Å². The second-order valence-corrected chi connectivity index (χ2v) is 12.0. The van der Waals surface area contributed by atoms with E-state index in [0.717, 1.165) is 13.1 Å². The predicted octanol–water partition coefficient (Wildman–Crippen LogP) is 11.8. The van der Waals surface area contributed by atoms with Crippen molar-refractivity contribution in [2.45, 2.75) is 104 Å². The molecule has 2 heterocycles. The Morgan fingerprint density at radius 1 is 0.425 bits per heavy atom. The highest BCUT2D eigenvalue weighted by Crippen LogP contribution is 2.40. The van der Waals surface area contributed by atoms with Crippen LogP contribution < -0.4 is 0 Å².